The van der Waals surface area contributed by atoms with Crippen LogP contribution < -0.4 is 5.32 Å². The first-order valence-electron chi connectivity index (χ1n) is 4.39. The molecule has 0 aliphatic carbocycles. The summed E-state index contributed by atoms with van der Waals surface area (Å²) in [6.45, 7) is 4.45. The van der Waals surface area contributed by atoms with Gasteiger partial charge >= 0.3 is 5.97 Å². The van der Waals surface area contributed by atoms with Gasteiger partial charge in [0.05, 0.1) is 12.0 Å². The van der Waals surface area contributed by atoms with Gasteiger partial charge in [0.15, 0.2) is 0 Å². The molecule has 0 bridgehead atoms. The Morgan fingerprint density at radius 2 is 2.43 bits per heavy atom. The van der Waals surface area contributed by atoms with Crippen molar-refractivity contribution < 1.29 is 9.90 Å². The zero-order valence-electron chi connectivity index (χ0n) is 8.28. The number of thiazole rings is 1. The van der Waals surface area contributed by atoms with Crippen molar-refractivity contribution in [2.75, 3.05) is 6.54 Å². The highest BCUT2D eigenvalue weighted by Gasteiger charge is 2.22. The molecular weight excluding hydrogens is 200 g/mol. The summed E-state index contributed by atoms with van der Waals surface area (Å²) in [5.74, 6) is -0.785. The topological polar surface area (TPSA) is 62.2 Å². The predicted molar refractivity (Wildman–Crippen MR) is 55.4 cm³/mol. The van der Waals surface area contributed by atoms with E-state index in [-0.39, 0.29) is 12.0 Å². The molecule has 0 aliphatic rings. The highest BCUT2D eigenvalue weighted by atomic mass is 32.1. The van der Waals surface area contributed by atoms with Gasteiger partial charge in [0.1, 0.15) is 5.01 Å². The van der Waals surface area contributed by atoms with E-state index >= 15 is 0 Å². The molecule has 1 aromatic heterocycles. The number of aliphatic carboxylic acids is 1. The second kappa shape index (κ2) is 4.52. The number of rotatable bonds is 5. The monoisotopic (exact) mass is 214 g/mol. The van der Waals surface area contributed by atoms with E-state index in [0.29, 0.717) is 6.54 Å². The minimum Gasteiger partial charge on any atom is -0.481 e. The van der Waals surface area contributed by atoms with Crippen LogP contribution in [0.1, 0.15) is 25.3 Å². The molecule has 5 heteroatoms. The van der Waals surface area contributed by atoms with Crippen LogP contribution in [-0.4, -0.2) is 22.6 Å². The van der Waals surface area contributed by atoms with E-state index in [1.165, 1.54) is 0 Å². The van der Waals surface area contributed by atoms with Crippen LogP contribution in [-0.2, 0) is 10.3 Å². The molecule has 0 saturated carbocycles. The molecule has 0 unspecified atom stereocenters. The van der Waals surface area contributed by atoms with Gasteiger partial charge in [0, 0.05) is 18.1 Å². The van der Waals surface area contributed by atoms with Crippen LogP contribution in [0.4, 0.5) is 0 Å². The molecule has 0 aliphatic heterocycles. The summed E-state index contributed by atoms with van der Waals surface area (Å²) in [7, 11) is 0. The molecule has 2 N–H and O–H groups in total. The molecule has 4 nitrogen and oxygen atoms in total. The maximum Gasteiger partial charge on any atom is 0.304 e. The molecule has 1 aromatic rings. The van der Waals surface area contributed by atoms with Gasteiger partial charge in [-0.25, -0.2) is 4.98 Å². The van der Waals surface area contributed by atoms with Crippen molar-refractivity contribution in [1.82, 2.24) is 10.3 Å². The fraction of sp³-hybridized carbons (Fsp3) is 0.556. The van der Waals surface area contributed by atoms with Gasteiger partial charge in [-0.15, -0.1) is 11.3 Å². The van der Waals surface area contributed by atoms with Crippen LogP contribution in [0.3, 0.4) is 0 Å². The molecule has 0 aromatic carbocycles. The van der Waals surface area contributed by atoms with Crippen LogP contribution in [0, 0.1) is 0 Å². The van der Waals surface area contributed by atoms with Crippen molar-refractivity contribution in [3.63, 3.8) is 0 Å². The standard InChI is InChI=1S/C9H14N2O2S/c1-9(2,8-10-5-6-14-8)11-4-3-7(12)13/h5-6,11H,3-4H2,1-2H3,(H,12,13). The van der Waals surface area contributed by atoms with Crippen molar-refractivity contribution >= 4 is 17.3 Å². The third-order valence-electron chi connectivity index (χ3n) is 1.87. The summed E-state index contributed by atoms with van der Waals surface area (Å²) in [5.41, 5.74) is -0.246. The van der Waals surface area contributed by atoms with E-state index in [0.717, 1.165) is 5.01 Å². The zero-order valence-corrected chi connectivity index (χ0v) is 9.10. The molecule has 0 amide bonds. The summed E-state index contributed by atoms with van der Waals surface area (Å²) < 4.78 is 0. The Kier molecular flexibility index (Phi) is 3.60. The van der Waals surface area contributed by atoms with Crippen molar-refractivity contribution in [2.24, 2.45) is 0 Å². The van der Waals surface area contributed by atoms with E-state index in [2.05, 4.69) is 10.3 Å². The van der Waals surface area contributed by atoms with Gasteiger partial charge < -0.3 is 10.4 Å². The Bertz CT molecular complexity index is 296. The van der Waals surface area contributed by atoms with Crippen LogP contribution in [0.15, 0.2) is 11.6 Å². The van der Waals surface area contributed by atoms with Crippen molar-refractivity contribution in [3.05, 3.63) is 16.6 Å². The molecule has 0 spiro atoms. The van der Waals surface area contributed by atoms with Crippen molar-refractivity contribution in [1.29, 1.82) is 0 Å². The van der Waals surface area contributed by atoms with Gasteiger partial charge in [-0.2, -0.15) is 0 Å². The maximum absolute atomic E-state index is 10.3. The minimum atomic E-state index is -0.785. The van der Waals surface area contributed by atoms with Crippen molar-refractivity contribution in [2.45, 2.75) is 25.8 Å². The Balaban J connectivity index is 2.46. The van der Waals surface area contributed by atoms with Gasteiger partial charge in [-0.05, 0) is 13.8 Å². The van der Waals surface area contributed by atoms with Gasteiger partial charge in [-0.1, -0.05) is 0 Å². The fourth-order valence-corrected chi connectivity index (χ4v) is 1.83. The third kappa shape index (κ3) is 3.08. The van der Waals surface area contributed by atoms with E-state index < -0.39 is 5.97 Å². The average Bonchev–Trinajstić information content (AvgIpc) is 2.54. The molecular formula is C9H14N2O2S. The van der Waals surface area contributed by atoms with Gasteiger partial charge in [0.25, 0.3) is 0 Å². The van der Waals surface area contributed by atoms with E-state index in [1.807, 2.05) is 19.2 Å². The maximum atomic E-state index is 10.3. The van der Waals surface area contributed by atoms with Crippen LogP contribution in [0.2, 0.25) is 0 Å². The first kappa shape index (κ1) is 11.1. The normalized spacial score (nSPS) is 11.6. The molecule has 1 rings (SSSR count). The average molecular weight is 214 g/mol. The predicted octanol–water partition coefficient (Wildman–Crippen LogP) is 1.44. The largest absolute Gasteiger partial charge is 0.481 e. The third-order valence-corrected chi connectivity index (χ3v) is 2.97. The second-order valence-corrected chi connectivity index (χ2v) is 4.43. The lowest BCUT2D eigenvalue weighted by Crippen LogP contribution is -2.37. The highest BCUT2D eigenvalue weighted by Crippen LogP contribution is 2.21. The summed E-state index contributed by atoms with van der Waals surface area (Å²) in [6.07, 6.45) is 1.88. The number of carbonyl (C=O) groups is 1. The van der Waals surface area contributed by atoms with Crippen LogP contribution in [0.25, 0.3) is 0 Å². The van der Waals surface area contributed by atoms with Gasteiger partial charge in [0.2, 0.25) is 0 Å². The smallest absolute Gasteiger partial charge is 0.304 e. The summed E-state index contributed by atoms with van der Waals surface area (Å²) in [4.78, 5) is 14.5. The zero-order chi connectivity index (χ0) is 10.6. The number of nitrogens with one attached hydrogen (secondary N) is 1. The number of nitrogens with zero attached hydrogens (tertiary/aromatic N) is 1. The highest BCUT2D eigenvalue weighted by molar-refractivity contribution is 7.09. The fourth-order valence-electron chi connectivity index (χ4n) is 1.09. The lowest BCUT2D eigenvalue weighted by molar-refractivity contribution is -0.136. The second-order valence-electron chi connectivity index (χ2n) is 3.53. The summed E-state index contributed by atoms with van der Waals surface area (Å²) >= 11 is 1.57. The first-order chi connectivity index (χ1) is 6.52. The number of aromatic nitrogens is 1. The number of carboxylic acids is 1. The van der Waals surface area contributed by atoms with Crippen LogP contribution in [0.5, 0.6) is 0 Å². The molecule has 0 radical (unpaired) electrons. The van der Waals surface area contributed by atoms with Crippen LogP contribution >= 0.6 is 11.3 Å². The number of hydrogen-bond acceptors (Lipinski definition) is 4. The van der Waals surface area contributed by atoms with E-state index in [1.54, 1.807) is 17.5 Å². The Morgan fingerprint density at radius 1 is 1.71 bits per heavy atom. The SMILES string of the molecule is CC(C)(NCCC(=O)O)c1nccs1. The lowest BCUT2D eigenvalue weighted by atomic mass is 10.1. The van der Waals surface area contributed by atoms with Crippen molar-refractivity contribution in [3.8, 4) is 0 Å². The quantitative estimate of drug-likeness (QED) is 0.778. The number of carboxylic acid groups (broad SMARTS) is 1. The van der Waals surface area contributed by atoms with E-state index in [4.69, 9.17) is 5.11 Å². The lowest BCUT2D eigenvalue weighted by Gasteiger charge is -2.23. The Hall–Kier alpha value is -0.940. The number of hydrogen-bond donors (Lipinski definition) is 2. The summed E-state index contributed by atoms with van der Waals surface area (Å²) in [6, 6.07) is 0. The summed E-state index contributed by atoms with van der Waals surface area (Å²) in [5, 5.41) is 14.5. The molecule has 14 heavy (non-hydrogen) atoms. The first-order valence-corrected chi connectivity index (χ1v) is 5.27. The minimum absolute atomic E-state index is 0.134. The molecule has 78 valence electrons. The molecule has 0 saturated heterocycles. The molecule has 1 heterocycles. The Labute approximate surface area is 87.0 Å². The molecule has 0 fully saturated rings. The molecule has 0 atom stereocenters. The van der Waals surface area contributed by atoms with Gasteiger partial charge in [-0.3, -0.25) is 4.79 Å². The van der Waals surface area contributed by atoms with E-state index in [9.17, 15) is 4.79 Å². The Morgan fingerprint density at radius 3 is 2.93 bits per heavy atom.